The fourth-order valence-corrected chi connectivity index (χ4v) is 7.22. The summed E-state index contributed by atoms with van der Waals surface area (Å²) in [5, 5.41) is 23.5. The molecule has 1 aromatic heterocycles. The normalized spacial score (nSPS) is 14.9. The van der Waals surface area contributed by atoms with Gasteiger partial charge in [0.2, 0.25) is 0 Å². The van der Waals surface area contributed by atoms with E-state index in [-0.39, 0.29) is 52.5 Å². The molecular formula is C35H36FNNaO3PS. The number of nitrogens with zero attached hydrogens (tertiary/aromatic N) is 1. The molecule has 8 heteroatoms. The van der Waals surface area contributed by atoms with Gasteiger partial charge in [-0.3, -0.25) is 0 Å². The molecule has 2 atom stereocenters. The van der Waals surface area contributed by atoms with Crippen LogP contribution < -0.4 is 40.0 Å². The number of halogens is 1. The summed E-state index contributed by atoms with van der Waals surface area (Å²) >= 11 is 1.82. The standard InChI is InChI=1S/C35H37FNO3PS.Na/c1-34(2,40)28-9-4-3-7-24(28)12-15-32(42-22-35(16-17-35)21-33(38)39)26-8-5-6-23(18-26)10-13-27-14-11-25-19-29(36)31(41)20-30(25)37-27;/h3-11,13-14,18-20,32,40H,12,15-17,21-22,41H2,1-2H3,(H,38,39);/q;+1/p-1/b13-10+;/t32-;/m1./s1. The predicted molar refractivity (Wildman–Crippen MR) is 173 cm³/mol. The number of benzene rings is 3. The minimum absolute atomic E-state index is 0. The molecule has 0 spiro atoms. The summed E-state index contributed by atoms with van der Waals surface area (Å²) in [7, 11) is 2.41. The predicted octanol–water partition coefficient (Wildman–Crippen LogP) is 3.60. The van der Waals surface area contributed by atoms with Crippen LogP contribution in [-0.2, 0) is 16.8 Å². The van der Waals surface area contributed by atoms with Crippen LogP contribution in [-0.4, -0.2) is 21.8 Å². The number of hydrogen-bond acceptors (Lipinski definition) is 5. The summed E-state index contributed by atoms with van der Waals surface area (Å²) < 4.78 is 13.9. The third-order valence-corrected chi connectivity index (χ3v) is 10.1. The molecule has 1 unspecified atom stereocenters. The first-order chi connectivity index (χ1) is 20.0. The van der Waals surface area contributed by atoms with E-state index in [4.69, 9.17) is 0 Å². The van der Waals surface area contributed by atoms with E-state index in [1.54, 1.807) is 6.07 Å². The second-order valence-electron chi connectivity index (χ2n) is 11.9. The molecule has 0 saturated heterocycles. The molecular weight excluding hydrogens is 587 g/mol. The van der Waals surface area contributed by atoms with Gasteiger partial charge in [0.1, 0.15) is 5.82 Å². The molecule has 0 bridgehead atoms. The zero-order valence-electron chi connectivity index (χ0n) is 25.0. The fraction of sp³-hybridized carbons (Fsp3) is 0.314. The average molecular weight is 624 g/mol. The molecule has 218 valence electrons. The van der Waals surface area contributed by atoms with Gasteiger partial charge in [-0.25, -0.2) is 9.37 Å². The van der Waals surface area contributed by atoms with Crippen molar-refractivity contribution in [2.24, 2.45) is 5.41 Å². The maximum atomic E-state index is 13.9. The van der Waals surface area contributed by atoms with Crippen molar-refractivity contribution >= 4 is 55.3 Å². The van der Waals surface area contributed by atoms with Crippen LogP contribution in [0.3, 0.4) is 0 Å². The molecule has 43 heavy (non-hydrogen) atoms. The van der Waals surface area contributed by atoms with Crippen LogP contribution in [0.2, 0.25) is 0 Å². The molecule has 4 aromatic rings. The Morgan fingerprint density at radius 2 is 1.88 bits per heavy atom. The van der Waals surface area contributed by atoms with Crippen molar-refractivity contribution in [3.63, 3.8) is 0 Å². The van der Waals surface area contributed by atoms with Crippen LogP contribution in [0.1, 0.15) is 72.7 Å². The van der Waals surface area contributed by atoms with E-state index >= 15 is 0 Å². The van der Waals surface area contributed by atoms with Gasteiger partial charge in [0.25, 0.3) is 0 Å². The number of pyridine rings is 1. The van der Waals surface area contributed by atoms with Crippen molar-refractivity contribution < 1.29 is 49.0 Å². The van der Waals surface area contributed by atoms with Gasteiger partial charge in [-0.2, -0.15) is 11.8 Å². The summed E-state index contributed by atoms with van der Waals surface area (Å²) in [6.45, 7) is 3.63. The maximum absolute atomic E-state index is 13.9. The molecule has 0 aliphatic heterocycles. The minimum Gasteiger partial charge on any atom is -0.550 e. The number of fused-ring (bicyclic) bond motifs is 1. The first-order valence-electron chi connectivity index (χ1n) is 14.3. The Morgan fingerprint density at radius 1 is 1.12 bits per heavy atom. The van der Waals surface area contributed by atoms with Crippen LogP contribution in [0.5, 0.6) is 0 Å². The zero-order valence-corrected chi connectivity index (χ0v) is 28.9. The fourth-order valence-electron chi connectivity index (χ4n) is 5.41. The van der Waals surface area contributed by atoms with E-state index in [1.165, 1.54) is 11.6 Å². The molecule has 1 aliphatic carbocycles. The summed E-state index contributed by atoms with van der Waals surface area (Å²) in [5.41, 5.74) is 4.71. The largest absolute Gasteiger partial charge is 1.00 e. The number of aliphatic hydroxyl groups is 1. The molecule has 3 aromatic carbocycles. The van der Waals surface area contributed by atoms with Gasteiger partial charge in [0.15, 0.2) is 0 Å². The molecule has 1 heterocycles. The van der Waals surface area contributed by atoms with Crippen molar-refractivity contribution in [2.45, 2.75) is 56.8 Å². The molecule has 4 nitrogen and oxygen atoms in total. The van der Waals surface area contributed by atoms with E-state index in [9.17, 15) is 19.4 Å². The van der Waals surface area contributed by atoms with E-state index in [1.807, 2.05) is 68.1 Å². The number of rotatable bonds is 12. The van der Waals surface area contributed by atoms with E-state index in [2.05, 4.69) is 44.6 Å². The second kappa shape index (κ2) is 14.4. The van der Waals surface area contributed by atoms with E-state index in [0.717, 1.165) is 64.7 Å². The van der Waals surface area contributed by atoms with Gasteiger partial charge in [0.05, 0.1) is 16.8 Å². The molecule has 1 fully saturated rings. The van der Waals surface area contributed by atoms with Crippen LogP contribution in [0.4, 0.5) is 4.39 Å². The van der Waals surface area contributed by atoms with E-state index < -0.39 is 11.6 Å². The van der Waals surface area contributed by atoms with Crippen LogP contribution in [0, 0.1) is 11.2 Å². The first kappa shape index (κ1) is 33.8. The van der Waals surface area contributed by atoms with Crippen LogP contribution >= 0.6 is 21.0 Å². The first-order valence-corrected chi connectivity index (χ1v) is 15.9. The summed E-state index contributed by atoms with van der Waals surface area (Å²) in [6.07, 6.45) is 7.61. The number of hydrogen-bond donors (Lipinski definition) is 1. The SMILES string of the molecule is CC(C)(O)c1ccccc1CC[C@@H](SCC1(CC(=O)[O-])CC1)c1cccc(/C=C/c2ccc3cc(F)c(P)cc3n2)c1.[Na+]. The molecule has 5 rings (SSSR count). The summed E-state index contributed by atoms with van der Waals surface area (Å²) in [4.78, 5) is 16.1. The van der Waals surface area contributed by atoms with Crippen molar-refractivity contribution in [1.82, 2.24) is 4.98 Å². The number of aryl methyl sites for hydroxylation is 1. The Balaban J connectivity index is 0.00000423. The Labute approximate surface area is 282 Å². The third-order valence-electron chi connectivity index (χ3n) is 7.98. The minimum atomic E-state index is -0.975. The summed E-state index contributed by atoms with van der Waals surface area (Å²) in [5.74, 6) is -0.465. The third kappa shape index (κ3) is 9.00. The Morgan fingerprint density at radius 3 is 2.60 bits per heavy atom. The monoisotopic (exact) mass is 623 g/mol. The quantitative estimate of drug-likeness (QED) is 0.193. The van der Waals surface area contributed by atoms with Gasteiger partial charge >= 0.3 is 29.6 Å². The smallest absolute Gasteiger partial charge is 0.550 e. The maximum Gasteiger partial charge on any atom is 1.00 e. The van der Waals surface area contributed by atoms with Gasteiger partial charge in [0, 0.05) is 21.9 Å². The van der Waals surface area contributed by atoms with E-state index in [0.29, 0.717) is 5.30 Å². The average Bonchev–Trinajstić information content (AvgIpc) is 3.71. The van der Waals surface area contributed by atoms with Gasteiger partial charge in [-0.15, -0.1) is 9.24 Å². The topological polar surface area (TPSA) is 73.2 Å². The number of thioether (sulfide) groups is 1. The van der Waals surface area contributed by atoms with Crippen LogP contribution in [0.15, 0.2) is 72.8 Å². The molecule has 0 amide bonds. The van der Waals surface area contributed by atoms with Crippen molar-refractivity contribution in [1.29, 1.82) is 0 Å². The molecule has 1 N–H and O–H groups in total. The van der Waals surface area contributed by atoms with Crippen molar-refractivity contribution in [3.8, 4) is 0 Å². The van der Waals surface area contributed by atoms with Crippen LogP contribution in [0.25, 0.3) is 23.1 Å². The number of carbonyl (C=O) groups excluding carboxylic acids is 1. The Kier molecular flexibility index (Phi) is 11.3. The number of carboxylic acid groups (broad SMARTS) is 1. The summed E-state index contributed by atoms with van der Waals surface area (Å²) in [6, 6.07) is 23.5. The van der Waals surface area contributed by atoms with Crippen molar-refractivity contribution in [2.75, 3.05) is 5.75 Å². The van der Waals surface area contributed by atoms with Crippen molar-refractivity contribution in [3.05, 3.63) is 107 Å². The molecule has 0 radical (unpaired) electrons. The second-order valence-corrected chi connectivity index (χ2v) is 13.7. The molecule has 1 saturated carbocycles. The number of aliphatic carboxylic acids is 1. The Hall–Kier alpha value is -2.05. The zero-order chi connectivity index (χ0) is 29.9. The van der Waals surface area contributed by atoms with Gasteiger partial charge in [-0.1, -0.05) is 60.7 Å². The number of carboxylic acids is 1. The van der Waals surface area contributed by atoms with Gasteiger partial charge in [-0.05, 0) is 104 Å². The molecule has 1 aliphatic rings. The Bertz CT molecular complexity index is 1630. The number of aromatic nitrogens is 1. The number of carbonyl (C=O) groups is 1. The van der Waals surface area contributed by atoms with Gasteiger partial charge < -0.3 is 15.0 Å².